The number of nitro groups is 2. The van der Waals surface area contributed by atoms with E-state index in [1.165, 1.54) is 0 Å². The van der Waals surface area contributed by atoms with Crippen LogP contribution < -0.4 is 5.32 Å². The van der Waals surface area contributed by atoms with Crippen molar-refractivity contribution in [1.82, 2.24) is 0 Å². The molecule has 0 aromatic heterocycles. The molecule has 0 atom stereocenters. The Morgan fingerprint density at radius 3 is 1.39 bits per heavy atom. The van der Waals surface area contributed by atoms with Gasteiger partial charge in [0.25, 0.3) is 11.4 Å². The van der Waals surface area contributed by atoms with Gasteiger partial charge in [0.1, 0.15) is 0 Å². The third kappa shape index (κ3) is 4.55. The lowest BCUT2D eigenvalue weighted by molar-refractivity contribution is -0.385. The fourth-order valence-electron chi connectivity index (χ4n) is 5.43. The van der Waals surface area contributed by atoms with Crippen molar-refractivity contribution in [3.63, 3.8) is 0 Å². The lowest BCUT2D eigenvalue weighted by atomic mass is 9.81. The second-order valence-electron chi connectivity index (χ2n) is 8.79. The topological polar surface area (TPSA) is 98.3 Å². The Morgan fingerprint density at radius 1 is 0.645 bits per heavy atom. The maximum absolute atomic E-state index is 11.8. The summed E-state index contributed by atoms with van der Waals surface area (Å²) in [6, 6.07) is 10.3. The van der Waals surface area contributed by atoms with Gasteiger partial charge >= 0.3 is 0 Å². The third-order valence-corrected chi connectivity index (χ3v) is 6.86. The molecule has 7 nitrogen and oxygen atoms in total. The molecule has 0 unspecified atom stereocenters. The van der Waals surface area contributed by atoms with Gasteiger partial charge in [-0.3, -0.25) is 20.2 Å². The average Bonchev–Trinajstić information content (AvgIpc) is 2.80. The highest BCUT2D eigenvalue weighted by Gasteiger charge is 2.30. The van der Waals surface area contributed by atoms with Crippen LogP contribution in [0.25, 0.3) is 0 Å². The molecule has 0 heterocycles. The lowest BCUT2D eigenvalue weighted by Crippen LogP contribution is -2.13. The molecule has 2 aromatic rings. The maximum Gasteiger partial charge on any atom is 0.274 e. The summed E-state index contributed by atoms with van der Waals surface area (Å²) in [6.07, 6.45) is 10.3. The van der Waals surface area contributed by atoms with Crippen molar-refractivity contribution >= 4 is 22.7 Å². The monoisotopic (exact) mass is 423 g/mol. The summed E-state index contributed by atoms with van der Waals surface area (Å²) in [5, 5.41) is 27.0. The molecule has 2 aliphatic carbocycles. The fraction of sp³-hybridized carbons (Fsp3) is 0.500. The summed E-state index contributed by atoms with van der Waals surface area (Å²) < 4.78 is 0. The first-order chi connectivity index (χ1) is 15.1. The normalized spacial score (nSPS) is 17.9. The van der Waals surface area contributed by atoms with E-state index in [-0.39, 0.29) is 33.1 Å². The van der Waals surface area contributed by atoms with Crippen molar-refractivity contribution < 1.29 is 9.85 Å². The molecule has 2 fully saturated rings. The fourth-order valence-corrected chi connectivity index (χ4v) is 5.43. The predicted octanol–water partition coefficient (Wildman–Crippen LogP) is 7.34. The lowest BCUT2D eigenvalue weighted by Gasteiger charge is -2.27. The molecular weight excluding hydrogens is 394 g/mol. The van der Waals surface area contributed by atoms with Crippen LogP contribution in [0.3, 0.4) is 0 Å². The summed E-state index contributed by atoms with van der Waals surface area (Å²) in [6.45, 7) is 0. The molecule has 2 aromatic carbocycles. The minimum absolute atomic E-state index is 0.134. The molecule has 4 rings (SSSR count). The molecule has 2 aliphatic rings. The summed E-state index contributed by atoms with van der Waals surface area (Å²) in [5.41, 5.74) is 3.18. The molecule has 0 bridgehead atoms. The van der Waals surface area contributed by atoms with Crippen molar-refractivity contribution in [3.05, 3.63) is 67.8 Å². The Kier molecular flexibility index (Phi) is 6.49. The second kappa shape index (κ2) is 9.45. The zero-order valence-electron chi connectivity index (χ0n) is 17.7. The van der Waals surface area contributed by atoms with Gasteiger partial charge < -0.3 is 5.32 Å². The second-order valence-corrected chi connectivity index (χ2v) is 8.79. The molecule has 164 valence electrons. The first kappa shape index (κ1) is 21.3. The zero-order valence-corrected chi connectivity index (χ0v) is 17.7. The van der Waals surface area contributed by atoms with Crippen molar-refractivity contribution in [2.24, 2.45) is 0 Å². The maximum atomic E-state index is 11.8. The van der Waals surface area contributed by atoms with Gasteiger partial charge in [0, 0.05) is 23.5 Å². The van der Waals surface area contributed by atoms with Crippen molar-refractivity contribution in [3.8, 4) is 0 Å². The molecule has 0 saturated heterocycles. The highest BCUT2D eigenvalue weighted by molar-refractivity contribution is 5.73. The van der Waals surface area contributed by atoms with Crippen LogP contribution in [0.4, 0.5) is 22.7 Å². The van der Waals surface area contributed by atoms with Crippen molar-refractivity contribution in [2.45, 2.75) is 76.0 Å². The van der Waals surface area contributed by atoms with Gasteiger partial charge in [-0.2, -0.15) is 0 Å². The zero-order chi connectivity index (χ0) is 21.8. The molecule has 0 radical (unpaired) electrons. The van der Waals surface area contributed by atoms with Crippen LogP contribution >= 0.6 is 0 Å². The highest BCUT2D eigenvalue weighted by Crippen LogP contribution is 2.45. The first-order valence-electron chi connectivity index (χ1n) is 11.4. The molecule has 7 heteroatoms. The summed E-state index contributed by atoms with van der Waals surface area (Å²) in [7, 11) is 0. The molecule has 0 spiro atoms. The van der Waals surface area contributed by atoms with E-state index in [1.54, 1.807) is 24.3 Å². The van der Waals surface area contributed by atoms with Gasteiger partial charge in [-0.1, -0.05) is 50.7 Å². The standard InChI is InChI=1S/C24H29N3O4/c28-26(29)21-15-7-13-19(23(21)17-9-3-1-4-10-17)25-20-14-8-16-22(27(30)31)24(20)18-11-5-2-6-12-18/h7-8,13-18,25H,1-6,9-12H2. The van der Waals surface area contributed by atoms with E-state index in [9.17, 15) is 20.2 Å². The van der Waals surface area contributed by atoms with Crippen LogP contribution in [0.5, 0.6) is 0 Å². The van der Waals surface area contributed by atoms with Gasteiger partial charge in [0.15, 0.2) is 0 Å². The number of hydrogen-bond acceptors (Lipinski definition) is 5. The third-order valence-electron chi connectivity index (χ3n) is 6.86. The SMILES string of the molecule is O=[N+]([O-])c1cccc(Nc2cccc([N+](=O)[O-])c2C2CCCCC2)c1C1CCCCC1. The Balaban J connectivity index is 1.79. The van der Waals surface area contributed by atoms with E-state index in [4.69, 9.17) is 0 Å². The highest BCUT2D eigenvalue weighted by atomic mass is 16.6. The van der Waals surface area contributed by atoms with Gasteiger partial charge in [-0.25, -0.2) is 0 Å². The summed E-state index contributed by atoms with van der Waals surface area (Å²) in [4.78, 5) is 23.0. The number of nitrogens with zero attached hydrogens (tertiary/aromatic N) is 2. The Labute approximate surface area is 182 Å². The predicted molar refractivity (Wildman–Crippen MR) is 121 cm³/mol. The molecule has 0 aliphatic heterocycles. The van der Waals surface area contributed by atoms with E-state index in [0.717, 1.165) is 75.3 Å². The Bertz CT molecular complexity index is 886. The number of anilines is 2. The van der Waals surface area contributed by atoms with Crippen molar-refractivity contribution in [1.29, 1.82) is 0 Å². The number of hydrogen-bond donors (Lipinski definition) is 1. The van der Waals surface area contributed by atoms with Crippen LogP contribution in [0, 0.1) is 20.2 Å². The molecule has 1 N–H and O–H groups in total. The first-order valence-corrected chi connectivity index (χ1v) is 11.4. The van der Waals surface area contributed by atoms with Gasteiger partial charge in [0.2, 0.25) is 0 Å². The molecule has 0 amide bonds. The minimum Gasteiger partial charge on any atom is -0.355 e. The smallest absolute Gasteiger partial charge is 0.274 e. The minimum atomic E-state index is -0.301. The van der Waals surface area contributed by atoms with Gasteiger partial charge in [0.05, 0.1) is 21.0 Å². The number of nitro benzene ring substituents is 2. The van der Waals surface area contributed by atoms with E-state index in [0.29, 0.717) is 11.4 Å². The largest absolute Gasteiger partial charge is 0.355 e. The van der Waals surface area contributed by atoms with E-state index in [1.807, 2.05) is 12.1 Å². The quantitative estimate of drug-likeness (QED) is 0.387. The molecule has 31 heavy (non-hydrogen) atoms. The van der Waals surface area contributed by atoms with Crippen LogP contribution in [-0.4, -0.2) is 9.85 Å². The van der Waals surface area contributed by atoms with E-state index in [2.05, 4.69) is 5.32 Å². The van der Waals surface area contributed by atoms with Crippen LogP contribution in [0.2, 0.25) is 0 Å². The Morgan fingerprint density at radius 2 is 1.03 bits per heavy atom. The Hall–Kier alpha value is -2.96. The van der Waals surface area contributed by atoms with Gasteiger partial charge in [-0.15, -0.1) is 0 Å². The summed E-state index contributed by atoms with van der Waals surface area (Å²) >= 11 is 0. The number of nitrogens with one attached hydrogen (secondary N) is 1. The van der Waals surface area contributed by atoms with Crippen LogP contribution in [0.15, 0.2) is 36.4 Å². The molecule has 2 saturated carbocycles. The average molecular weight is 424 g/mol. The molecular formula is C24H29N3O4. The van der Waals surface area contributed by atoms with E-state index >= 15 is 0 Å². The van der Waals surface area contributed by atoms with Crippen molar-refractivity contribution in [2.75, 3.05) is 5.32 Å². The summed E-state index contributed by atoms with van der Waals surface area (Å²) in [5.74, 6) is 0.268. The van der Waals surface area contributed by atoms with Crippen LogP contribution in [0.1, 0.15) is 87.2 Å². The number of rotatable bonds is 6. The van der Waals surface area contributed by atoms with Crippen LogP contribution in [-0.2, 0) is 0 Å². The number of benzene rings is 2. The van der Waals surface area contributed by atoms with E-state index < -0.39 is 0 Å². The van der Waals surface area contributed by atoms with Gasteiger partial charge in [-0.05, 0) is 49.7 Å².